The number of benzene rings is 1. The van der Waals surface area contributed by atoms with E-state index in [0.717, 1.165) is 5.56 Å². The summed E-state index contributed by atoms with van der Waals surface area (Å²) in [6, 6.07) is 5.11. The molecular weight excluding hydrogens is 341 g/mol. The van der Waals surface area contributed by atoms with Gasteiger partial charge in [0, 0.05) is 13.0 Å². The van der Waals surface area contributed by atoms with Crippen LogP contribution in [0, 0.1) is 0 Å². The topological polar surface area (TPSA) is 68.5 Å². The Morgan fingerprint density at radius 1 is 1.39 bits per heavy atom. The first-order valence-electron chi connectivity index (χ1n) is 7.23. The lowest BCUT2D eigenvalue weighted by Gasteiger charge is -2.33. The summed E-state index contributed by atoms with van der Waals surface area (Å²) in [7, 11) is 0. The number of ether oxygens (including phenoxy) is 1. The Bertz CT molecular complexity index is 679. The Morgan fingerprint density at radius 3 is 3.04 bits per heavy atom. The third-order valence-electron chi connectivity index (χ3n) is 3.76. The summed E-state index contributed by atoms with van der Waals surface area (Å²) in [6.07, 6.45) is 2.10. The summed E-state index contributed by atoms with van der Waals surface area (Å²) >= 11 is 12.2. The quantitative estimate of drug-likeness (QED) is 0.843. The van der Waals surface area contributed by atoms with E-state index in [4.69, 9.17) is 32.5 Å². The highest BCUT2D eigenvalue weighted by molar-refractivity contribution is 6.42. The molecule has 1 aliphatic rings. The van der Waals surface area contributed by atoms with Gasteiger partial charge in [-0.3, -0.25) is 4.79 Å². The molecule has 1 fully saturated rings. The predicted octanol–water partition coefficient (Wildman–Crippen LogP) is 2.91. The largest absolute Gasteiger partial charge is 0.377 e. The third kappa shape index (κ3) is 3.65. The number of amides is 1. The number of hydrogen-bond donors (Lipinski definition) is 0. The van der Waals surface area contributed by atoms with Gasteiger partial charge in [-0.1, -0.05) is 40.5 Å². The fourth-order valence-corrected chi connectivity index (χ4v) is 2.98. The van der Waals surface area contributed by atoms with E-state index in [1.165, 1.54) is 6.39 Å². The summed E-state index contributed by atoms with van der Waals surface area (Å²) in [5.74, 6) is 0.456. The Labute approximate surface area is 143 Å². The number of aromatic nitrogens is 2. The van der Waals surface area contributed by atoms with Crippen LogP contribution in [-0.2, 0) is 16.0 Å². The zero-order chi connectivity index (χ0) is 16.2. The molecule has 0 saturated carbocycles. The van der Waals surface area contributed by atoms with Crippen LogP contribution in [0.5, 0.6) is 0 Å². The van der Waals surface area contributed by atoms with Crippen LogP contribution in [0.25, 0.3) is 0 Å². The molecule has 1 atom stereocenters. The van der Waals surface area contributed by atoms with Gasteiger partial charge in [-0.15, -0.1) is 0 Å². The summed E-state index contributed by atoms with van der Waals surface area (Å²) < 4.78 is 10.2. The fourth-order valence-electron chi connectivity index (χ4n) is 2.57. The first kappa shape index (κ1) is 16.2. The minimum absolute atomic E-state index is 0.000794. The lowest BCUT2D eigenvalue weighted by Crippen LogP contribution is -2.43. The van der Waals surface area contributed by atoms with Crippen LogP contribution in [-0.4, -0.2) is 40.7 Å². The molecule has 1 aromatic carbocycles. The van der Waals surface area contributed by atoms with Gasteiger partial charge in [-0.25, -0.2) is 0 Å². The van der Waals surface area contributed by atoms with Crippen LogP contribution in [0.4, 0.5) is 0 Å². The highest BCUT2D eigenvalue weighted by atomic mass is 35.5. The molecule has 1 amide bonds. The van der Waals surface area contributed by atoms with Crippen molar-refractivity contribution in [3.05, 3.63) is 46.0 Å². The van der Waals surface area contributed by atoms with Gasteiger partial charge >= 0.3 is 0 Å². The molecule has 0 spiro atoms. The van der Waals surface area contributed by atoms with E-state index in [2.05, 4.69) is 10.1 Å². The van der Waals surface area contributed by atoms with Crippen LogP contribution in [0.15, 0.2) is 29.1 Å². The number of carbonyl (C=O) groups is 1. The van der Waals surface area contributed by atoms with Gasteiger partial charge in [0.1, 0.15) is 6.04 Å². The van der Waals surface area contributed by atoms with Crippen molar-refractivity contribution in [2.75, 3.05) is 19.8 Å². The van der Waals surface area contributed by atoms with E-state index < -0.39 is 0 Å². The van der Waals surface area contributed by atoms with Crippen molar-refractivity contribution in [3.63, 3.8) is 0 Å². The van der Waals surface area contributed by atoms with Gasteiger partial charge in [-0.2, -0.15) is 4.98 Å². The molecule has 23 heavy (non-hydrogen) atoms. The minimum Gasteiger partial charge on any atom is -0.377 e. The molecule has 1 aliphatic heterocycles. The lowest BCUT2D eigenvalue weighted by atomic mass is 10.1. The standard InChI is InChI=1S/C15H15Cl2N3O3/c16-11-3-1-2-10(14(11)17)4-5-13(21)20-6-7-22-8-12(20)15-18-9-23-19-15/h1-3,9,12H,4-8H2/t12-/m1/s1. The highest BCUT2D eigenvalue weighted by Crippen LogP contribution is 2.27. The smallest absolute Gasteiger partial charge is 0.223 e. The van der Waals surface area contributed by atoms with E-state index >= 15 is 0 Å². The molecule has 8 heteroatoms. The monoisotopic (exact) mass is 355 g/mol. The summed E-state index contributed by atoms with van der Waals surface area (Å²) in [4.78, 5) is 18.3. The average molecular weight is 356 g/mol. The molecule has 1 saturated heterocycles. The number of aryl methyl sites for hydroxylation is 1. The Balaban J connectivity index is 1.68. The van der Waals surface area contributed by atoms with Crippen LogP contribution < -0.4 is 0 Å². The van der Waals surface area contributed by atoms with E-state index in [0.29, 0.717) is 48.5 Å². The molecule has 0 radical (unpaired) electrons. The Kier molecular flexibility index (Phi) is 5.15. The molecule has 0 unspecified atom stereocenters. The fraction of sp³-hybridized carbons (Fsp3) is 0.400. The number of morpholine rings is 1. The van der Waals surface area contributed by atoms with Gasteiger partial charge in [0.05, 0.1) is 23.3 Å². The van der Waals surface area contributed by atoms with E-state index in [1.807, 2.05) is 12.1 Å². The molecule has 0 aliphatic carbocycles. The molecule has 0 N–H and O–H groups in total. The van der Waals surface area contributed by atoms with Crippen molar-refractivity contribution in [1.29, 1.82) is 0 Å². The van der Waals surface area contributed by atoms with Gasteiger partial charge in [0.15, 0.2) is 5.82 Å². The van der Waals surface area contributed by atoms with Gasteiger partial charge < -0.3 is 14.2 Å². The third-order valence-corrected chi connectivity index (χ3v) is 4.62. The number of nitrogens with zero attached hydrogens (tertiary/aromatic N) is 3. The Morgan fingerprint density at radius 2 is 2.26 bits per heavy atom. The van der Waals surface area contributed by atoms with Gasteiger partial charge in [-0.05, 0) is 18.1 Å². The first-order valence-corrected chi connectivity index (χ1v) is 7.99. The molecule has 2 heterocycles. The molecule has 6 nitrogen and oxygen atoms in total. The van der Waals surface area contributed by atoms with Crippen molar-refractivity contribution in [2.45, 2.75) is 18.9 Å². The lowest BCUT2D eigenvalue weighted by molar-refractivity contribution is -0.140. The van der Waals surface area contributed by atoms with Crippen molar-refractivity contribution in [2.24, 2.45) is 0 Å². The number of carbonyl (C=O) groups excluding carboxylic acids is 1. The Hall–Kier alpha value is -1.63. The van der Waals surface area contributed by atoms with Crippen molar-refractivity contribution in [1.82, 2.24) is 15.0 Å². The molecule has 3 rings (SSSR count). The van der Waals surface area contributed by atoms with Crippen LogP contribution >= 0.6 is 23.2 Å². The summed E-state index contributed by atoms with van der Waals surface area (Å²) in [5, 5.41) is 4.81. The second kappa shape index (κ2) is 7.29. The highest BCUT2D eigenvalue weighted by Gasteiger charge is 2.31. The van der Waals surface area contributed by atoms with Gasteiger partial charge in [0.2, 0.25) is 12.3 Å². The first-order chi connectivity index (χ1) is 11.2. The maximum Gasteiger partial charge on any atom is 0.223 e. The van der Waals surface area contributed by atoms with Crippen LogP contribution in [0.3, 0.4) is 0 Å². The van der Waals surface area contributed by atoms with E-state index in [1.54, 1.807) is 11.0 Å². The molecule has 122 valence electrons. The van der Waals surface area contributed by atoms with Crippen molar-refractivity contribution in [3.8, 4) is 0 Å². The van der Waals surface area contributed by atoms with Crippen molar-refractivity contribution < 1.29 is 14.1 Å². The maximum atomic E-state index is 12.6. The van der Waals surface area contributed by atoms with E-state index in [-0.39, 0.29) is 11.9 Å². The normalized spacial score (nSPS) is 18.2. The zero-order valence-corrected chi connectivity index (χ0v) is 13.8. The second-order valence-corrected chi connectivity index (χ2v) is 5.97. The zero-order valence-electron chi connectivity index (χ0n) is 12.2. The SMILES string of the molecule is O=C(CCc1cccc(Cl)c1Cl)N1CCOC[C@@H]1c1ncon1. The molecule has 1 aromatic heterocycles. The number of halogens is 2. The molecule has 2 aromatic rings. The van der Waals surface area contributed by atoms with Crippen molar-refractivity contribution >= 4 is 29.1 Å². The van der Waals surface area contributed by atoms with E-state index in [9.17, 15) is 4.79 Å². The molecule has 0 bridgehead atoms. The second-order valence-electron chi connectivity index (χ2n) is 5.18. The predicted molar refractivity (Wildman–Crippen MR) is 84.4 cm³/mol. The minimum atomic E-state index is -0.315. The maximum absolute atomic E-state index is 12.6. The van der Waals surface area contributed by atoms with Crippen LogP contribution in [0.1, 0.15) is 23.9 Å². The number of hydrogen-bond acceptors (Lipinski definition) is 5. The summed E-state index contributed by atoms with van der Waals surface area (Å²) in [6.45, 7) is 1.36. The number of rotatable bonds is 4. The average Bonchev–Trinajstić information content (AvgIpc) is 3.10. The summed E-state index contributed by atoms with van der Waals surface area (Å²) in [5.41, 5.74) is 0.858. The van der Waals surface area contributed by atoms with Crippen LogP contribution in [0.2, 0.25) is 10.0 Å². The molecular formula is C15H15Cl2N3O3. The van der Waals surface area contributed by atoms with Gasteiger partial charge in [0.25, 0.3) is 0 Å².